The fourth-order valence-electron chi connectivity index (χ4n) is 0.982. The number of rotatable bonds is 3. The van der Waals surface area contributed by atoms with Gasteiger partial charge < -0.3 is 15.1 Å². The maximum Gasteiger partial charge on any atom is 0.122 e. The highest BCUT2D eigenvalue weighted by molar-refractivity contribution is 5.62. The fraction of sp³-hybridized carbons (Fsp3) is 0.222. The van der Waals surface area contributed by atoms with Gasteiger partial charge in [0, 0.05) is 18.7 Å². The van der Waals surface area contributed by atoms with Crippen LogP contribution in [0.3, 0.4) is 0 Å². The second kappa shape index (κ2) is 4.35. The number of methoxy groups -OCH3 is 1. The minimum Gasteiger partial charge on any atom is -0.508 e. The van der Waals surface area contributed by atoms with Gasteiger partial charge in [0.25, 0.3) is 0 Å². The van der Waals surface area contributed by atoms with E-state index in [0.29, 0.717) is 17.7 Å². The molecule has 1 rings (SSSR count). The Hall–Kier alpha value is -1.71. The first kappa shape index (κ1) is 9.38. The molecule has 0 saturated carbocycles. The largest absolute Gasteiger partial charge is 0.508 e. The van der Waals surface area contributed by atoms with Crippen LogP contribution in [0.4, 0.5) is 0 Å². The van der Waals surface area contributed by atoms with E-state index in [2.05, 4.69) is 5.16 Å². The van der Waals surface area contributed by atoms with E-state index in [1.807, 2.05) is 0 Å². The van der Waals surface area contributed by atoms with E-state index in [1.54, 1.807) is 12.1 Å². The van der Waals surface area contributed by atoms with Crippen LogP contribution in [-0.2, 0) is 6.42 Å². The molecule has 13 heavy (non-hydrogen) atoms. The predicted octanol–water partition coefficient (Wildman–Crippen LogP) is 1.40. The normalized spacial score (nSPS) is 10.5. The quantitative estimate of drug-likeness (QED) is 0.421. The summed E-state index contributed by atoms with van der Waals surface area (Å²) >= 11 is 0. The van der Waals surface area contributed by atoms with Crippen molar-refractivity contribution in [1.29, 1.82) is 0 Å². The number of phenols is 1. The predicted molar refractivity (Wildman–Crippen MR) is 48.6 cm³/mol. The van der Waals surface area contributed by atoms with Crippen molar-refractivity contribution in [1.82, 2.24) is 0 Å². The third-order valence-corrected chi connectivity index (χ3v) is 1.69. The van der Waals surface area contributed by atoms with Gasteiger partial charge in [-0.3, -0.25) is 0 Å². The highest BCUT2D eigenvalue weighted by atomic mass is 16.5. The molecule has 4 heteroatoms. The van der Waals surface area contributed by atoms with Gasteiger partial charge >= 0.3 is 0 Å². The summed E-state index contributed by atoms with van der Waals surface area (Å²) in [5.74, 6) is 0.737. The number of benzene rings is 1. The van der Waals surface area contributed by atoms with Crippen LogP contribution < -0.4 is 4.74 Å². The summed E-state index contributed by atoms with van der Waals surface area (Å²) in [5.41, 5.74) is 0.693. The van der Waals surface area contributed by atoms with Crippen molar-refractivity contribution in [3.8, 4) is 11.5 Å². The molecule has 0 aliphatic carbocycles. The molecule has 0 amide bonds. The van der Waals surface area contributed by atoms with Gasteiger partial charge in [0.2, 0.25) is 0 Å². The number of oxime groups is 1. The van der Waals surface area contributed by atoms with E-state index in [1.165, 1.54) is 19.4 Å². The Morgan fingerprint density at radius 1 is 1.54 bits per heavy atom. The monoisotopic (exact) mass is 181 g/mol. The van der Waals surface area contributed by atoms with E-state index in [-0.39, 0.29) is 5.75 Å². The van der Waals surface area contributed by atoms with Gasteiger partial charge in [0.1, 0.15) is 11.5 Å². The van der Waals surface area contributed by atoms with E-state index in [0.717, 1.165) is 0 Å². The molecule has 0 atom stereocenters. The van der Waals surface area contributed by atoms with Crippen molar-refractivity contribution < 1.29 is 15.1 Å². The third kappa shape index (κ3) is 2.37. The van der Waals surface area contributed by atoms with Gasteiger partial charge in [-0.2, -0.15) is 0 Å². The van der Waals surface area contributed by atoms with Crippen molar-refractivity contribution >= 4 is 6.21 Å². The van der Waals surface area contributed by atoms with Gasteiger partial charge in [-0.15, -0.1) is 5.16 Å². The number of aromatic hydroxyl groups is 1. The maximum atomic E-state index is 9.43. The molecule has 0 aromatic heterocycles. The zero-order valence-electron chi connectivity index (χ0n) is 7.27. The number of hydrogen-bond acceptors (Lipinski definition) is 4. The number of hydrogen-bond donors (Lipinski definition) is 2. The molecular weight excluding hydrogens is 170 g/mol. The molecule has 0 heterocycles. The van der Waals surface area contributed by atoms with Crippen LogP contribution in [0.5, 0.6) is 11.5 Å². The first-order chi connectivity index (χ1) is 6.27. The van der Waals surface area contributed by atoms with Gasteiger partial charge in [0.15, 0.2) is 0 Å². The van der Waals surface area contributed by atoms with E-state index in [4.69, 9.17) is 9.94 Å². The minimum atomic E-state index is 0.138. The zero-order valence-corrected chi connectivity index (χ0v) is 7.27. The van der Waals surface area contributed by atoms with Gasteiger partial charge in [-0.1, -0.05) is 6.07 Å². The molecule has 1 aromatic rings. The van der Waals surface area contributed by atoms with Crippen LogP contribution in [0, 0.1) is 0 Å². The number of ether oxygens (including phenoxy) is 1. The van der Waals surface area contributed by atoms with Crippen molar-refractivity contribution in [2.45, 2.75) is 6.42 Å². The fourth-order valence-corrected chi connectivity index (χ4v) is 0.982. The lowest BCUT2D eigenvalue weighted by Gasteiger charge is -2.03. The first-order valence-electron chi connectivity index (χ1n) is 3.79. The molecule has 0 radical (unpaired) electrons. The molecule has 70 valence electrons. The van der Waals surface area contributed by atoms with E-state index < -0.39 is 0 Å². The molecule has 0 aliphatic heterocycles. The maximum absolute atomic E-state index is 9.43. The highest BCUT2D eigenvalue weighted by Gasteiger charge is 2.00. The van der Waals surface area contributed by atoms with Crippen LogP contribution in [0.1, 0.15) is 5.56 Å². The molecule has 1 aromatic carbocycles. The summed E-state index contributed by atoms with van der Waals surface area (Å²) in [6, 6.07) is 4.97. The minimum absolute atomic E-state index is 0.138. The van der Waals surface area contributed by atoms with Gasteiger partial charge in [-0.25, -0.2) is 0 Å². The van der Waals surface area contributed by atoms with E-state index in [9.17, 15) is 5.11 Å². The van der Waals surface area contributed by atoms with Crippen molar-refractivity contribution in [3.05, 3.63) is 23.8 Å². The Morgan fingerprint density at radius 2 is 2.31 bits per heavy atom. The third-order valence-electron chi connectivity index (χ3n) is 1.69. The van der Waals surface area contributed by atoms with Crippen LogP contribution in [-0.4, -0.2) is 23.6 Å². The van der Waals surface area contributed by atoms with Crippen molar-refractivity contribution in [2.24, 2.45) is 5.16 Å². The Balaban J connectivity index is 2.85. The lowest BCUT2D eigenvalue weighted by Crippen LogP contribution is -1.89. The standard InChI is InChI=1S/C9H11NO3/c1-13-8-3-2-7(4-5-10-12)9(11)6-8/h2-3,5-6,11-12H,4H2,1H3/b10-5+. The smallest absolute Gasteiger partial charge is 0.122 e. The number of nitrogens with zero attached hydrogens (tertiary/aromatic N) is 1. The molecule has 0 saturated heterocycles. The lowest BCUT2D eigenvalue weighted by atomic mass is 10.1. The molecule has 0 unspecified atom stereocenters. The molecule has 4 nitrogen and oxygen atoms in total. The van der Waals surface area contributed by atoms with Crippen molar-refractivity contribution in [3.63, 3.8) is 0 Å². The van der Waals surface area contributed by atoms with E-state index >= 15 is 0 Å². The summed E-state index contributed by atoms with van der Waals surface area (Å²) in [6.07, 6.45) is 1.70. The second-order valence-corrected chi connectivity index (χ2v) is 2.50. The average molecular weight is 181 g/mol. The molecule has 2 N–H and O–H groups in total. The molecule has 0 aliphatic rings. The number of phenolic OH excluding ortho intramolecular Hbond substituents is 1. The second-order valence-electron chi connectivity index (χ2n) is 2.50. The van der Waals surface area contributed by atoms with Gasteiger partial charge in [-0.05, 0) is 11.6 Å². The Labute approximate surface area is 76.1 Å². The van der Waals surface area contributed by atoms with Crippen LogP contribution in [0.15, 0.2) is 23.4 Å². The summed E-state index contributed by atoms with van der Waals surface area (Å²) in [4.78, 5) is 0. The summed E-state index contributed by atoms with van der Waals surface area (Å²) < 4.78 is 4.91. The summed E-state index contributed by atoms with van der Waals surface area (Å²) in [5, 5.41) is 20.5. The van der Waals surface area contributed by atoms with Crippen LogP contribution in [0.2, 0.25) is 0 Å². The lowest BCUT2D eigenvalue weighted by molar-refractivity contribution is 0.320. The molecular formula is C9H11NO3. The zero-order chi connectivity index (χ0) is 9.68. The first-order valence-corrected chi connectivity index (χ1v) is 3.79. The SMILES string of the molecule is COc1ccc(C/C=N/O)c(O)c1. The van der Waals surface area contributed by atoms with Gasteiger partial charge in [0.05, 0.1) is 7.11 Å². The Bertz CT molecular complexity index is 310. The highest BCUT2D eigenvalue weighted by Crippen LogP contribution is 2.23. The molecule has 0 fully saturated rings. The summed E-state index contributed by atoms with van der Waals surface area (Å²) in [7, 11) is 1.53. The Kier molecular flexibility index (Phi) is 3.14. The molecule has 0 bridgehead atoms. The topological polar surface area (TPSA) is 62.0 Å². The molecule has 0 spiro atoms. The summed E-state index contributed by atoms with van der Waals surface area (Å²) in [6.45, 7) is 0. The average Bonchev–Trinajstić information content (AvgIpc) is 2.16. The van der Waals surface area contributed by atoms with Crippen LogP contribution in [0.25, 0.3) is 0 Å². The van der Waals surface area contributed by atoms with Crippen LogP contribution >= 0.6 is 0 Å². The van der Waals surface area contributed by atoms with Crippen molar-refractivity contribution in [2.75, 3.05) is 7.11 Å². The Morgan fingerprint density at radius 3 is 2.85 bits per heavy atom.